The van der Waals surface area contributed by atoms with E-state index in [4.69, 9.17) is 14.2 Å². The summed E-state index contributed by atoms with van der Waals surface area (Å²) in [6, 6.07) is 3.53. The SMILES string of the molecule is CCCCC(=O)N/N=C/c1ccc(OC)c(OC)c1OC. The van der Waals surface area contributed by atoms with Crippen LogP contribution in [0.15, 0.2) is 17.2 Å². The van der Waals surface area contributed by atoms with Crippen LogP contribution in [-0.4, -0.2) is 33.5 Å². The molecule has 0 saturated carbocycles. The van der Waals surface area contributed by atoms with Gasteiger partial charge in [-0.05, 0) is 18.6 Å². The zero-order chi connectivity index (χ0) is 15.7. The van der Waals surface area contributed by atoms with Crippen molar-refractivity contribution in [2.24, 2.45) is 5.10 Å². The highest BCUT2D eigenvalue weighted by Crippen LogP contribution is 2.38. The number of carbonyl (C=O) groups is 1. The van der Waals surface area contributed by atoms with Gasteiger partial charge < -0.3 is 14.2 Å². The summed E-state index contributed by atoms with van der Waals surface area (Å²) in [5, 5.41) is 3.93. The lowest BCUT2D eigenvalue weighted by Crippen LogP contribution is -2.16. The molecule has 6 nitrogen and oxygen atoms in total. The summed E-state index contributed by atoms with van der Waals surface area (Å²) in [5.74, 6) is 1.45. The number of amides is 1. The average molecular weight is 294 g/mol. The van der Waals surface area contributed by atoms with E-state index < -0.39 is 0 Å². The Balaban J connectivity index is 2.85. The maximum atomic E-state index is 11.5. The summed E-state index contributed by atoms with van der Waals surface area (Å²) >= 11 is 0. The van der Waals surface area contributed by atoms with E-state index in [0.29, 0.717) is 29.2 Å². The standard InChI is InChI=1S/C15H22N2O4/c1-5-6-7-13(18)17-16-10-11-8-9-12(19-2)15(21-4)14(11)20-3/h8-10H,5-7H2,1-4H3,(H,17,18)/b16-10+. The number of methoxy groups -OCH3 is 3. The zero-order valence-corrected chi connectivity index (χ0v) is 12.9. The highest BCUT2D eigenvalue weighted by atomic mass is 16.5. The topological polar surface area (TPSA) is 69.2 Å². The number of nitrogens with one attached hydrogen (secondary N) is 1. The molecular formula is C15H22N2O4. The van der Waals surface area contributed by atoms with Gasteiger partial charge in [0.05, 0.1) is 27.5 Å². The van der Waals surface area contributed by atoms with Crippen molar-refractivity contribution in [3.63, 3.8) is 0 Å². The van der Waals surface area contributed by atoms with E-state index >= 15 is 0 Å². The Kier molecular flexibility index (Phi) is 7.08. The van der Waals surface area contributed by atoms with Crippen LogP contribution < -0.4 is 19.6 Å². The molecule has 0 unspecified atom stereocenters. The normalized spacial score (nSPS) is 10.5. The number of benzene rings is 1. The maximum Gasteiger partial charge on any atom is 0.240 e. The molecular weight excluding hydrogens is 272 g/mol. The molecule has 0 saturated heterocycles. The molecule has 0 atom stereocenters. The largest absolute Gasteiger partial charge is 0.493 e. The van der Waals surface area contributed by atoms with Crippen LogP contribution in [0.3, 0.4) is 0 Å². The van der Waals surface area contributed by atoms with Crippen molar-refractivity contribution < 1.29 is 19.0 Å². The van der Waals surface area contributed by atoms with Gasteiger partial charge in [-0.1, -0.05) is 13.3 Å². The Morgan fingerprint density at radius 1 is 1.19 bits per heavy atom. The first-order valence-electron chi connectivity index (χ1n) is 6.78. The van der Waals surface area contributed by atoms with Crippen LogP contribution in [0, 0.1) is 0 Å². The molecule has 1 aromatic rings. The Morgan fingerprint density at radius 3 is 2.48 bits per heavy atom. The first-order chi connectivity index (χ1) is 10.2. The lowest BCUT2D eigenvalue weighted by Gasteiger charge is -2.13. The Morgan fingerprint density at radius 2 is 1.90 bits per heavy atom. The third-order valence-corrected chi connectivity index (χ3v) is 2.88. The van der Waals surface area contributed by atoms with Crippen LogP contribution >= 0.6 is 0 Å². The first-order valence-corrected chi connectivity index (χ1v) is 6.78. The molecule has 1 aromatic carbocycles. The number of rotatable bonds is 8. The molecule has 0 bridgehead atoms. The van der Waals surface area contributed by atoms with Crippen molar-refractivity contribution in [1.82, 2.24) is 5.43 Å². The Hall–Kier alpha value is -2.24. The predicted molar refractivity (Wildman–Crippen MR) is 81.4 cm³/mol. The lowest BCUT2D eigenvalue weighted by molar-refractivity contribution is -0.121. The van der Waals surface area contributed by atoms with E-state index in [-0.39, 0.29) is 5.91 Å². The highest BCUT2D eigenvalue weighted by molar-refractivity contribution is 5.87. The van der Waals surface area contributed by atoms with Crippen molar-refractivity contribution in [2.75, 3.05) is 21.3 Å². The molecule has 0 heterocycles. The number of nitrogens with zero attached hydrogens (tertiary/aromatic N) is 1. The zero-order valence-electron chi connectivity index (χ0n) is 12.9. The fourth-order valence-electron chi connectivity index (χ4n) is 1.79. The van der Waals surface area contributed by atoms with Gasteiger partial charge in [0.1, 0.15) is 0 Å². The predicted octanol–water partition coefficient (Wildman–Crippen LogP) is 2.35. The van der Waals surface area contributed by atoms with Gasteiger partial charge in [0.15, 0.2) is 11.5 Å². The average Bonchev–Trinajstić information content (AvgIpc) is 2.51. The van der Waals surface area contributed by atoms with Crippen molar-refractivity contribution in [3.05, 3.63) is 17.7 Å². The van der Waals surface area contributed by atoms with Crippen molar-refractivity contribution in [2.45, 2.75) is 26.2 Å². The fourth-order valence-corrected chi connectivity index (χ4v) is 1.79. The van der Waals surface area contributed by atoms with Gasteiger partial charge in [-0.2, -0.15) is 5.10 Å². The molecule has 0 aliphatic heterocycles. The molecule has 1 rings (SSSR count). The van der Waals surface area contributed by atoms with Gasteiger partial charge >= 0.3 is 0 Å². The molecule has 0 radical (unpaired) electrons. The highest BCUT2D eigenvalue weighted by Gasteiger charge is 2.14. The molecule has 0 aliphatic rings. The molecule has 1 N–H and O–H groups in total. The van der Waals surface area contributed by atoms with E-state index in [1.165, 1.54) is 20.4 Å². The summed E-state index contributed by atoms with van der Waals surface area (Å²) in [6.07, 6.45) is 3.81. The molecule has 0 fully saturated rings. The summed E-state index contributed by atoms with van der Waals surface area (Å²) in [5.41, 5.74) is 3.17. The molecule has 0 aromatic heterocycles. The fraction of sp³-hybridized carbons (Fsp3) is 0.467. The third-order valence-electron chi connectivity index (χ3n) is 2.88. The van der Waals surface area contributed by atoms with Crippen LogP contribution in [0.25, 0.3) is 0 Å². The minimum absolute atomic E-state index is 0.104. The minimum atomic E-state index is -0.104. The van der Waals surface area contributed by atoms with Gasteiger partial charge in [0.2, 0.25) is 11.7 Å². The summed E-state index contributed by atoms with van der Waals surface area (Å²) < 4.78 is 15.8. The first kappa shape index (κ1) is 16.8. The van der Waals surface area contributed by atoms with Gasteiger partial charge in [-0.15, -0.1) is 0 Å². The second kappa shape index (κ2) is 8.84. The van der Waals surface area contributed by atoms with E-state index in [2.05, 4.69) is 10.5 Å². The third kappa shape index (κ3) is 4.66. The number of hydrogen-bond donors (Lipinski definition) is 1. The molecule has 1 amide bonds. The number of ether oxygens (including phenoxy) is 3. The summed E-state index contributed by atoms with van der Waals surface area (Å²) in [7, 11) is 4.63. The molecule has 0 aliphatic carbocycles. The number of hydrogen-bond acceptors (Lipinski definition) is 5. The minimum Gasteiger partial charge on any atom is -0.493 e. The van der Waals surface area contributed by atoms with Crippen LogP contribution in [0.2, 0.25) is 0 Å². The monoisotopic (exact) mass is 294 g/mol. The van der Waals surface area contributed by atoms with Crippen molar-refractivity contribution >= 4 is 12.1 Å². The molecule has 0 spiro atoms. The van der Waals surface area contributed by atoms with E-state index in [0.717, 1.165) is 12.8 Å². The van der Waals surface area contributed by atoms with Crippen LogP contribution in [0.1, 0.15) is 31.7 Å². The van der Waals surface area contributed by atoms with Gasteiger partial charge in [0, 0.05) is 12.0 Å². The summed E-state index contributed by atoms with van der Waals surface area (Å²) in [4.78, 5) is 11.5. The maximum absolute atomic E-state index is 11.5. The van der Waals surface area contributed by atoms with Crippen molar-refractivity contribution in [3.8, 4) is 17.2 Å². The quantitative estimate of drug-likeness (QED) is 0.590. The van der Waals surface area contributed by atoms with Gasteiger partial charge in [-0.25, -0.2) is 5.43 Å². The van der Waals surface area contributed by atoms with Crippen molar-refractivity contribution in [1.29, 1.82) is 0 Å². The van der Waals surface area contributed by atoms with E-state index in [1.807, 2.05) is 6.92 Å². The molecule has 116 valence electrons. The molecule has 21 heavy (non-hydrogen) atoms. The number of unbranched alkanes of at least 4 members (excludes halogenated alkanes) is 1. The van der Waals surface area contributed by atoms with Crippen LogP contribution in [-0.2, 0) is 4.79 Å². The lowest BCUT2D eigenvalue weighted by atomic mass is 10.2. The number of hydrazone groups is 1. The molecule has 6 heteroatoms. The van der Waals surface area contributed by atoms with Gasteiger partial charge in [-0.3, -0.25) is 4.79 Å². The smallest absolute Gasteiger partial charge is 0.240 e. The van der Waals surface area contributed by atoms with E-state index in [9.17, 15) is 4.79 Å². The Labute approximate surface area is 125 Å². The second-order valence-corrected chi connectivity index (χ2v) is 4.32. The number of carbonyl (C=O) groups excluding carboxylic acids is 1. The summed E-state index contributed by atoms with van der Waals surface area (Å²) in [6.45, 7) is 2.03. The van der Waals surface area contributed by atoms with E-state index in [1.54, 1.807) is 19.2 Å². The second-order valence-electron chi connectivity index (χ2n) is 4.32. The Bertz CT molecular complexity index is 501. The van der Waals surface area contributed by atoms with Crippen LogP contribution in [0.4, 0.5) is 0 Å². The van der Waals surface area contributed by atoms with Crippen LogP contribution in [0.5, 0.6) is 17.2 Å². The van der Waals surface area contributed by atoms with Gasteiger partial charge in [0.25, 0.3) is 0 Å².